The molecule has 0 radical (unpaired) electrons. The zero-order chi connectivity index (χ0) is 14.3. The number of ether oxygens (including phenoxy) is 2. The Kier molecular flexibility index (Phi) is 6.01. The quantitative estimate of drug-likeness (QED) is 0.515. The van der Waals surface area contributed by atoms with Crippen molar-refractivity contribution < 1.29 is 23.9 Å². The molecule has 0 aromatic heterocycles. The first-order valence-electron chi connectivity index (χ1n) is 6.05. The lowest BCUT2D eigenvalue weighted by atomic mass is 10.1. The molecule has 0 spiro atoms. The van der Waals surface area contributed by atoms with Crippen LogP contribution in [0.3, 0.4) is 0 Å². The van der Waals surface area contributed by atoms with Crippen LogP contribution in [0, 0.1) is 0 Å². The topological polar surface area (TPSA) is 93.7 Å². The first-order valence-corrected chi connectivity index (χ1v) is 6.05. The number of esters is 2. The van der Waals surface area contributed by atoms with Crippen LogP contribution >= 0.6 is 0 Å². The van der Waals surface area contributed by atoms with E-state index in [1.807, 2.05) is 0 Å². The second-order valence-electron chi connectivity index (χ2n) is 3.91. The highest BCUT2D eigenvalue weighted by Crippen LogP contribution is 2.12. The fourth-order valence-electron chi connectivity index (χ4n) is 1.66. The average Bonchev–Trinajstić information content (AvgIpc) is 2.39. The second kappa shape index (κ2) is 7.52. The van der Waals surface area contributed by atoms with E-state index in [-0.39, 0.29) is 13.0 Å². The molecule has 7 heteroatoms. The smallest absolute Gasteiger partial charge is 0.335 e. The Morgan fingerprint density at radius 2 is 2.11 bits per heavy atom. The molecule has 0 fully saturated rings. The monoisotopic (exact) mass is 270 g/mol. The first-order chi connectivity index (χ1) is 9.08. The Morgan fingerprint density at radius 1 is 1.37 bits per heavy atom. The molecule has 0 saturated heterocycles. The van der Waals surface area contributed by atoms with Gasteiger partial charge in [0.25, 0.3) is 0 Å². The number of methoxy groups -OCH3 is 1. The molecule has 1 amide bonds. The molecule has 2 N–H and O–H groups in total. The van der Waals surface area contributed by atoms with Crippen molar-refractivity contribution in [3.8, 4) is 0 Å². The molecule has 1 heterocycles. The van der Waals surface area contributed by atoms with Gasteiger partial charge in [0.05, 0.1) is 19.3 Å². The van der Waals surface area contributed by atoms with E-state index in [0.717, 1.165) is 0 Å². The Balaban J connectivity index is 2.72. The van der Waals surface area contributed by atoms with E-state index in [1.165, 1.54) is 7.11 Å². The second-order valence-corrected chi connectivity index (χ2v) is 3.91. The van der Waals surface area contributed by atoms with Crippen LogP contribution in [0.5, 0.6) is 0 Å². The van der Waals surface area contributed by atoms with Crippen molar-refractivity contribution in [3.05, 3.63) is 11.3 Å². The molecular weight excluding hydrogens is 252 g/mol. The molecule has 7 nitrogen and oxygen atoms in total. The van der Waals surface area contributed by atoms with Crippen LogP contribution in [0.15, 0.2) is 11.3 Å². The molecular formula is C12H18N2O5. The van der Waals surface area contributed by atoms with Gasteiger partial charge in [-0.05, 0) is 19.9 Å². The molecule has 0 aromatic carbocycles. The third-order valence-corrected chi connectivity index (χ3v) is 2.56. The van der Waals surface area contributed by atoms with E-state index in [0.29, 0.717) is 30.8 Å². The van der Waals surface area contributed by atoms with Gasteiger partial charge in [-0.15, -0.1) is 0 Å². The van der Waals surface area contributed by atoms with E-state index in [2.05, 4.69) is 15.4 Å². The van der Waals surface area contributed by atoms with Crippen LogP contribution in [0.1, 0.15) is 19.8 Å². The van der Waals surface area contributed by atoms with Crippen molar-refractivity contribution >= 4 is 17.8 Å². The van der Waals surface area contributed by atoms with Crippen molar-refractivity contribution in [1.29, 1.82) is 0 Å². The van der Waals surface area contributed by atoms with Crippen LogP contribution in [0.2, 0.25) is 0 Å². The Labute approximate surface area is 111 Å². The van der Waals surface area contributed by atoms with Gasteiger partial charge in [0.15, 0.2) is 0 Å². The highest BCUT2D eigenvalue weighted by atomic mass is 16.5. The third-order valence-electron chi connectivity index (χ3n) is 2.56. The van der Waals surface area contributed by atoms with Crippen molar-refractivity contribution in [3.63, 3.8) is 0 Å². The van der Waals surface area contributed by atoms with Crippen molar-refractivity contribution in [1.82, 2.24) is 10.6 Å². The van der Waals surface area contributed by atoms with E-state index in [4.69, 9.17) is 4.74 Å². The van der Waals surface area contributed by atoms with E-state index < -0.39 is 17.8 Å². The normalized spacial score (nSPS) is 14.8. The van der Waals surface area contributed by atoms with E-state index in [9.17, 15) is 14.4 Å². The van der Waals surface area contributed by atoms with Crippen LogP contribution in [-0.4, -0.2) is 44.7 Å². The molecule has 1 rings (SSSR count). The maximum absolute atomic E-state index is 11.7. The average molecular weight is 270 g/mol. The van der Waals surface area contributed by atoms with Crippen molar-refractivity contribution in [2.24, 2.45) is 0 Å². The van der Waals surface area contributed by atoms with Gasteiger partial charge in [0.1, 0.15) is 6.42 Å². The van der Waals surface area contributed by atoms with Gasteiger partial charge < -0.3 is 20.1 Å². The maximum atomic E-state index is 11.7. The van der Waals surface area contributed by atoms with Crippen LogP contribution < -0.4 is 10.6 Å². The molecule has 0 aromatic rings. The van der Waals surface area contributed by atoms with E-state index >= 15 is 0 Å². The lowest BCUT2D eigenvalue weighted by Crippen LogP contribution is -2.37. The summed E-state index contributed by atoms with van der Waals surface area (Å²) in [5.74, 6) is -1.57. The summed E-state index contributed by atoms with van der Waals surface area (Å²) in [4.78, 5) is 34.3. The highest BCUT2D eigenvalue weighted by Gasteiger charge is 2.22. The lowest BCUT2D eigenvalue weighted by Gasteiger charge is -2.20. The van der Waals surface area contributed by atoms with Crippen LogP contribution in [-0.2, 0) is 23.9 Å². The minimum Gasteiger partial charge on any atom is -0.469 e. The first kappa shape index (κ1) is 15.2. The number of amides is 1. The zero-order valence-corrected chi connectivity index (χ0v) is 11.1. The summed E-state index contributed by atoms with van der Waals surface area (Å²) in [6.07, 6.45) is 0.1000. The van der Waals surface area contributed by atoms with Gasteiger partial charge in [0, 0.05) is 12.2 Å². The fraction of sp³-hybridized carbons (Fsp3) is 0.583. The molecule has 0 unspecified atom stereocenters. The Bertz CT molecular complexity index is 403. The van der Waals surface area contributed by atoms with Gasteiger partial charge in [-0.2, -0.15) is 0 Å². The van der Waals surface area contributed by atoms with Gasteiger partial charge >= 0.3 is 11.9 Å². The molecule has 0 atom stereocenters. The minimum absolute atomic E-state index is 0.277. The summed E-state index contributed by atoms with van der Waals surface area (Å²) in [7, 11) is 1.21. The van der Waals surface area contributed by atoms with Crippen molar-refractivity contribution in [2.75, 3.05) is 26.8 Å². The molecule has 19 heavy (non-hydrogen) atoms. The van der Waals surface area contributed by atoms with Gasteiger partial charge in [-0.25, -0.2) is 4.79 Å². The molecule has 106 valence electrons. The fourth-order valence-corrected chi connectivity index (χ4v) is 1.66. The number of hydrogen-bond acceptors (Lipinski definition) is 6. The zero-order valence-electron chi connectivity index (χ0n) is 11.1. The van der Waals surface area contributed by atoms with Crippen LogP contribution in [0.25, 0.3) is 0 Å². The summed E-state index contributed by atoms with van der Waals surface area (Å²) in [6, 6.07) is 0. The molecule has 0 aliphatic carbocycles. The SMILES string of the molecule is CCOC(=O)C1=C(NC(=O)CC(=O)OC)CNCC1. The third kappa shape index (κ3) is 4.70. The van der Waals surface area contributed by atoms with Crippen molar-refractivity contribution in [2.45, 2.75) is 19.8 Å². The summed E-state index contributed by atoms with van der Waals surface area (Å²) in [5.41, 5.74) is 0.900. The summed E-state index contributed by atoms with van der Waals surface area (Å²) in [5, 5.41) is 5.59. The standard InChI is InChI=1S/C12H18N2O5/c1-3-19-12(17)8-4-5-13-7-9(8)14-10(15)6-11(16)18-2/h13H,3-7H2,1-2H3,(H,14,15). The Hall–Kier alpha value is -1.89. The number of carbonyl (C=O) groups is 3. The molecule has 1 aliphatic rings. The molecule has 0 saturated carbocycles. The minimum atomic E-state index is -0.625. The predicted octanol–water partition coefficient (Wildman–Crippen LogP) is -0.524. The van der Waals surface area contributed by atoms with Crippen LogP contribution in [0.4, 0.5) is 0 Å². The Morgan fingerprint density at radius 3 is 2.74 bits per heavy atom. The number of carbonyl (C=O) groups excluding carboxylic acids is 3. The van der Waals surface area contributed by atoms with Gasteiger partial charge in [-0.3, -0.25) is 9.59 Å². The lowest BCUT2D eigenvalue weighted by molar-refractivity contribution is -0.143. The summed E-state index contributed by atoms with van der Waals surface area (Å²) < 4.78 is 9.33. The molecule has 0 bridgehead atoms. The largest absolute Gasteiger partial charge is 0.469 e. The number of nitrogens with one attached hydrogen (secondary N) is 2. The maximum Gasteiger partial charge on any atom is 0.335 e. The van der Waals surface area contributed by atoms with E-state index in [1.54, 1.807) is 6.92 Å². The number of rotatable bonds is 5. The number of hydrogen-bond donors (Lipinski definition) is 2. The predicted molar refractivity (Wildman–Crippen MR) is 65.9 cm³/mol. The summed E-state index contributed by atoms with van der Waals surface area (Å²) in [6.45, 7) is 3.00. The van der Waals surface area contributed by atoms with Gasteiger partial charge in [-0.1, -0.05) is 0 Å². The molecule has 1 aliphatic heterocycles. The van der Waals surface area contributed by atoms with Gasteiger partial charge in [0.2, 0.25) is 5.91 Å². The highest BCUT2D eigenvalue weighted by molar-refractivity contribution is 5.96. The summed E-state index contributed by atoms with van der Waals surface area (Å²) >= 11 is 0.